The highest BCUT2D eigenvalue weighted by molar-refractivity contribution is 5.66. The molecular weight excluding hydrogens is 352 g/mol. The number of allylic oxidation sites excluding steroid dienone is 2. The molecule has 0 spiro atoms. The second kappa shape index (κ2) is 10.0. The summed E-state index contributed by atoms with van der Waals surface area (Å²) in [6.45, 7) is 2.05. The maximum absolute atomic E-state index is 10.6. The van der Waals surface area contributed by atoms with E-state index in [1.54, 1.807) is 0 Å². The Morgan fingerprint density at radius 2 is 1.96 bits per heavy atom. The van der Waals surface area contributed by atoms with Gasteiger partial charge in [0.1, 0.15) is 0 Å². The molecule has 0 aromatic heterocycles. The molecule has 2 heterocycles. The minimum Gasteiger partial charge on any atom is -0.481 e. The van der Waals surface area contributed by atoms with Crippen molar-refractivity contribution in [1.29, 1.82) is 0 Å². The molecule has 2 bridgehead atoms. The van der Waals surface area contributed by atoms with Crippen molar-refractivity contribution in [3.05, 3.63) is 60.2 Å². The highest BCUT2D eigenvalue weighted by Crippen LogP contribution is 2.46. The zero-order valence-corrected chi connectivity index (χ0v) is 16.6. The first kappa shape index (κ1) is 20.8. The van der Waals surface area contributed by atoms with Gasteiger partial charge in [0, 0.05) is 18.3 Å². The number of carboxylic acids is 1. The van der Waals surface area contributed by atoms with Crippen LogP contribution in [0.5, 0.6) is 0 Å². The molecule has 2 N–H and O–H groups in total. The number of fused-ring (bicyclic) bond motifs is 2. The van der Waals surface area contributed by atoms with Gasteiger partial charge in [-0.25, -0.2) is 0 Å². The maximum Gasteiger partial charge on any atom is 0.303 e. The van der Waals surface area contributed by atoms with E-state index in [2.05, 4.69) is 37.3 Å². The summed E-state index contributed by atoms with van der Waals surface area (Å²) in [6, 6.07) is 10.1. The van der Waals surface area contributed by atoms with Crippen molar-refractivity contribution in [3.63, 3.8) is 0 Å². The van der Waals surface area contributed by atoms with Gasteiger partial charge in [-0.3, -0.25) is 4.79 Å². The molecule has 2 aliphatic heterocycles. The van der Waals surface area contributed by atoms with E-state index < -0.39 is 12.1 Å². The van der Waals surface area contributed by atoms with Crippen LogP contribution in [0.3, 0.4) is 0 Å². The number of carbonyl (C=O) groups is 1. The molecule has 6 atom stereocenters. The summed E-state index contributed by atoms with van der Waals surface area (Å²) in [6.07, 6.45) is 13.4. The normalized spacial score (nSPS) is 28.9. The zero-order valence-electron chi connectivity index (χ0n) is 16.6. The van der Waals surface area contributed by atoms with Gasteiger partial charge >= 0.3 is 5.97 Å². The number of rotatable bonds is 10. The quantitative estimate of drug-likeness (QED) is 0.453. The third kappa shape index (κ3) is 5.33. The van der Waals surface area contributed by atoms with Crippen LogP contribution in [0.15, 0.2) is 54.6 Å². The van der Waals surface area contributed by atoms with Crippen molar-refractivity contribution in [2.75, 3.05) is 0 Å². The van der Waals surface area contributed by atoms with Gasteiger partial charge in [-0.05, 0) is 43.6 Å². The van der Waals surface area contributed by atoms with Gasteiger partial charge in [0.2, 0.25) is 0 Å². The molecule has 4 nitrogen and oxygen atoms in total. The van der Waals surface area contributed by atoms with Gasteiger partial charge < -0.3 is 14.9 Å². The van der Waals surface area contributed by atoms with Crippen molar-refractivity contribution >= 4 is 5.97 Å². The summed E-state index contributed by atoms with van der Waals surface area (Å²) >= 11 is 0. The first-order valence-corrected chi connectivity index (χ1v) is 10.5. The fourth-order valence-electron chi connectivity index (χ4n) is 4.49. The number of hydrogen-bond donors (Lipinski definition) is 2. The lowest BCUT2D eigenvalue weighted by molar-refractivity contribution is -0.137. The highest BCUT2D eigenvalue weighted by atomic mass is 16.5. The maximum atomic E-state index is 10.6. The lowest BCUT2D eigenvalue weighted by Gasteiger charge is -2.25. The van der Waals surface area contributed by atoms with Gasteiger partial charge in [-0.15, -0.1) is 0 Å². The Morgan fingerprint density at radius 1 is 1.21 bits per heavy atom. The number of aliphatic hydroxyl groups is 1. The Morgan fingerprint density at radius 3 is 2.71 bits per heavy atom. The van der Waals surface area contributed by atoms with E-state index in [9.17, 15) is 9.90 Å². The monoisotopic (exact) mass is 384 g/mol. The average Bonchev–Trinajstić information content (AvgIpc) is 3.30. The molecular formula is C24H32O4. The third-order valence-corrected chi connectivity index (χ3v) is 6.19. The van der Waals surface area contributed by atoms with Crippen LogP contribution in [0.25, 0.3) is 0 Å². The molecule has 2 fully saturated rings. The lowest BCUT2D eigenvalue weighted by Crippen LogP contribution is -2.26. The van der Waals surface area contributed by atoms with E-state index in [4.69, 9.17) is 9.84 Å². The van der Waals surface area contributed by atoms with Gasteiger partial charge in [0.05, 0.1) is 18.3 Å². The summed E-state index contributed by atoms with van der Waals surface area (Å²) in [7, 11) is 0. The van der Waals surface area contributed by atoms with Crippen molar-refractivity contribution in [3.8, 4) is 0 Å². The molecule has 28 heavy (non-hydrogen) atoms. The molecule has 0 aliphatic carbocycles. The topological polar surface area (TPSA) is 66.8 Å². The first-order chi connectivity index (χ1) is 13.6. The Kier molecular flexibility index (Phi) is 7.46. The summed E-state index contributed by atoms with van der Waals surface area (Å²) in [5, 5.41) is 19.3. The minimum absolute atomic E-state index is 0.0598. The van der Waals surface area contributed by atoms with Crippen LogP contribution in [-0.4, -0.2) is 34.5 Å². The number of aliphatic carboxylic acids is 1. The van der Waals surface area contributed by atoms with Crippen LogP contribution in [0, 0.1) is 11.8 Å². The van der Waals surface area contributed by atoms with Gasteiger partial charge in [0.25, 0.3) is 0 Å². The number of aliphatic hydroxyl groups excluding tert-OH is 1. The number of unbranched alkanes of at least 4 members (excludes halogenated alkanes) is 1. The molecule has 0 saturated carbocycles. The van der Waals surface area contributed by atoms with Gasteiger partial charge in [0.15, 0.2) is 0 Å². The van der Waals surface area contributed by atoms with Crippen LogP contribution in [0.1, 0.15) is 56.9 Å². The Balaban J connectivity index is 1.54. The SMILES string of the molecule is C[C@H](c1ccccc1)[C@@H](O)/C=C/[C@H]1[C@@H](C/C=C\CCCC(=O)O)[C@@H]2CC[C@H]1O2. The predicted molar refractivity (Wildman–Crippen MR) is 110 cm³/mol. The lowest BCUT2D eigenvalue weighted by atomic mass is 9.77. The van der Waals surface area contributed by atoms with Gasteiger partial charge in [-0.1, -0.05) is 61.6 Å². The third-order valence-electron chi connectivity index (χ3n) is 6.19. The zero-order chi connectivity index (χ0) is 19.9. The second-order valence-electron chi connectivity index (χ2n) is 8.10. The Bertz CT molecular complexity index is 681. The van der Waals surface area contributed by atoms with Crippen LogP contribution in [0.2, 0.25) is 0 Å². The number of ether oxygens (including phenoxy) is 1. The Labute approximate surface area is 167 Å². The fourth-order valence-corrected chi connectivity index (χ4v) is 4.49. The molecule has 3 rings (SSSR count). The average molecular weight is 385 g/mol. The van der Waals surface area contributed by atoms with Crippen molar-refractivity contribution in [2.45, 2.75) is 69.7 Å². The standard InChI is InChI=1S/C24H32O4/c1-17(18-9-5-4-6-10-18)21(25)14-13-20-19(22-15-16-23(20)28-22)11-7-2-3-8-12-24(26)27/h2,4-7,9-10,13-14,17,19-23,25H,3,8,11-12,15-16H2,1H3,(H,26,27)/b7-2-,14-13+/t17-,19-,20+,21+,22+,23-/m1/s1. The first-order valence-electron chi connectivity index (χ1n) is 10.5. The number of benzene rings is 1. The molecule has 0 amide bonds. The van der Waals surface area contributed by atoms with E-state index in [1.807, 2.05) is 24.3 Å². The fraction of sp³-hybridized carbons (Fsp3) is 0.542. The van der Waals surface area contributed by atoms with Crippen molar-refractivity contribution < 1.29 is 19.7 Å². The summed E-state index contributed by atoms with van der Waals surface area (Å²) in [5.41, 5.74) is 1.14. The van der Waals surface area contributed by atoms with Gasteiger partial charge in [-0.2, -0.15) is 0 Å². The minimum atomic E-state index is -0.733. The van der Waals surface area contributed by atoms with E-state index in [-0.39, 0.29) is 18.4 Å². The number of carboxylic acid groups (broad SMARTS) is 1. The largest absolute Gasteiger partial charge is 0.481 e. The molecule has 0 unspecified atom stereocenters. The van der Waals surface area contributed by atoms with Crippen LogP contribution in [-0.2, 0) is 9.53 Å². The van der Waals surface area contributed by atoms with E-state index in [1.165, 1.54) is 0 Å². The van der Waals surface area contributed by atoms with Crippen LogP contribution >= 0.6 is 0 Å². The van der Waals surface area contributed by atoms with Crippen LogP contribution < -0.4 is 0 Å². The molecule has 152 valence electrons. The summed E-state index contributed by atoms with van der Waals surface area (Å²) < 4.78 is 6.14. The molecule has 1 aromatic rings. The van der Waals surface area contributed by atoms with Crippen molar-refractivity contribution in [1.82, 2.24) is 0 Å². The Hall–Kier alpha value is -1.91. The molecule has 0 radical (unpaired) electrons. The number of hydrogen-bond acceptors (Lipinski definition) is 3. The smallest absolute Gasteiger partial charge is 0.303 e. The van der Waals surface area contributed by atoms with E-state index >= 15 is 0 Å². The van der Waals surface area contributed by atoms with E-state index in [0.717, 1.165) is 31.2 Å². The predicted octanol–water partition coefficient (Wildman–Crippen LogP) is 4.70. The van der Waals surface area contributed by atoms with E-state index in [0.29, 0.717) is 24.4 Å². The summed E-state index contributed by atoms with van der Waals surface area (Å²) in [4.78, 5) is 10.6. The molecule has 2 saturated heterocycles. The molecule has 4 heteroatoms. The van der Waals surface area contributed by atoms with Crippen LogP contribution in [0.4, 0.5) is 0 Å². The molecule has 2 aliphatic rings. The highest BCUT2D eigenvalue weighted by Gasteiger charge is 2.46. The summed E-state index contributed by atoms with van der Waals surface area (Å²) in [5.74, 6) is 0.123. The molecule has 1 aromatic carbocycles. The van der Waals surface area contributed by atoms with Crippen molar-refractivity contribution in [2.24, 2.45) is 11.8 Å². The second-order valence-corrected chi connectivity index (χ2v) is 8.10.